The molecule has 106 valence electrons. The van der Waals surface area contributed by atoms with Gasteiger partial charge >= 0.3 is 0 Å². The molecule has 1 aliphatic rings. The lowest BCUT2D eigenvalue weighted by Crippen LogP contribution is -2.58. The summed E-state index contributed by atoms with van der Waals surface area (Å²) in [4.78, 5) is 11.9. The molecule has 0 atom stereocenters. The Morgan fingerprint density at radius 3 is 2.06 bits per heavy atom. The zero-order chi connectivity index (χ0) is 13.6. The molecule has 0 aliphatic heterocycles. The molecule has 1 aliphatic carbocycles. The highest BCUT2D eigenvalue weighted by Crippen LogP contribution is 2.28. The van der Waals surface area contributed by atoms with Crippen molar-refractivity contribution in [2.45, 2.75) is 49.6 Å². The number of rotatable bonds is 6. The van der Waals surface area contributed by atoms with E-state index < -0.39 is 30.9 Å². The topological polar surface area (TPSA) is 116 Å². The smallest absolute Gasteiger partial charge is 0.222 e. The quantitative estimate of drug-likeness (QED) is 0.414. The van der Waals surface area contributed by atoms with Gasteiger partial charge in [0.2, 0.25) is 5.91 Å². The van der Waals surface area contributed by atoms with Gasteiger partial charge in [-0.15, -0.1) is 0 Å². The summed E-state index contributed by atoms with van der Waals surface area (Å²) in [7, 11) is 0. The van der Waals surface area contributed by atoms with Crippen LogP contribution in [0.4, 0.5) is 0 Å². The van der Waals surface area contributed by atoms with E-state index in [0.717, 1.165) is 32.1 Å². The molecule has 1 saturated carbocycles. The van der Waals surface area contributed by atoms with Gasteiger partial charge in [-0.05, 0) is 12.8 Å². The van der Waals surface area contributed by atoms with Crippen LogP contribution in [-0.2, 0) is 4.79 Å². The molecule has 0 spiro atoms. The summed E-state index contributed by atoms with van der Waals surface area (Å²) in [5, 5.41) is 29.9. The Bertz CT molecular complexity index is 265. The van der Waals surface area contributed by atoms with Gasteiger partial charge in [0.25, 0.3) is 0 Å². The van der Waals surface area contributed by atoms with Gasteiger partial charge in [0, 0.05) is 12.0 Å². The van der Waals surface area contributed by atoms with Gasteiger partial charge in [0.1, 0.15) is 5.54 Å². The Hall–Kier alpha value is -0.690. The number of hydrogen-bond donors (Lipinski definition) is 5. The third-order valence-corrected chi connectivity index (χ3v) is 3.67. The number of nitrogens with one attached hydrogen (secondary N) is 1. The standard InChI is InChI=1S/C12H24N2O4/c13-11(4-2-1-3-5-11)6-10(18)14-12(7-15,8-16)9-17/h15-17H,1-9,13H2,(H,14,18). The van der Waals surface area contributed by atoms with E-state index in [1.54, 1.807) is 0 Å². The number of aliphatic hydroxyl groups is 3. The SMILES string of the molecule is NC1(CC(=O)NC(CO)(CO)CO)CCCCC1. The van der Waals surface area contributed by atoms with Crippen LogP contribution in [0.25, 0.3) is 0 Å². The molecular weight excluding hydrogens is 236 g/mol. The monoisotopic (exact) mass is 260 g/mol. The molecule has 6 heteroatoms. The van der Waals surface area contributed by atoms with E-state index in [0.29, 0.717) is 0 Å². The van der Waals surface area contributed by atoms with E-state index in [1.807, 2.05) is 0 Å². The van der Waals surface area contributed by atoms with E-state index in [4.69, 9.17) is 21.1 Å². The van der Waals surface area contributed by atoms with E-state index in [9.17, 15) is 4.79 Å². The zero-order valence-corrected chi connectivity index (χ0v) is 10.7. The highest BCUT2D eigenvalue weighted by Gasteiger charge is 2.34. The van der Waals surface area contributed by atoms with Crippen molar-refractivity contribution in [2.75, 3.05) is 19.8 Å². The Morgan fingerprint density at radius 2 is 1.61 bits per heavy atom. The molecule has 1 amide bonds. The first-order valence-electron chi connectivity index (χ1n) is 6.42. The van der Waals surface area contributed by atoms with Gasteiger partial charge in [-0.2, -0.15) is 0 Å². The van der Waals surface area contributed by atoms with Crippen molar-refractivity contribution < 1.29 is 20.1 Å². The Labute approximate surface area is 107 Å². The largest absolute Gasteiger partial charge is 0.394 e. The van der Waals surface area contributed by atoms with Crippen LogP contribution in [0.15, 0.2) is 0 Å². The summed E-state index contributed by atoms with van der Waals surface area (Å²) in [5.74, 6) is -0.337. The van der Waals surface area contributed by atoms with Crippen LogP contribution in [0.1, 0.15) is 38.5 Å². The van der Waals surface area contributed by atoms with E-state index >= 15 is 0 Å². The minimum Gasteiger partial charge on any atom is -0.394 e. The van der Waals surface area contributed by atoms with Crippen LogP contribution >= 0.6 is 0 Å². The van der Waals surface area contributed by atoms with Gasteiger partial charge in [-0.1, -0.05) is 19.3 Å². The second kappa shape index (κ2) is 6.47. The Kier molecular flexibility index (Phi) is 5.52. The van der Waals surface area contributed by atoms with Crippen LogP contribution in [-0.4, -0.2) is 52.1 Å². The summed E-state index contributed by atoms with van der Waals surface area (Å²) in [6.45, 7) is -1.53. The zero-order valence-electron chi connectivity index (χ0n) is 10.7. The maximum atomic E-state index is 11.9. The summed E-state index contributed by atoms with van der Waals surface area (Å²) in [6.07, 6.45) is 4.97. The van der Waals surface area contributed by atoms with Crippen LogP contribution in [0, 0.1) is 0 Å². The second-order valence-corrected chi connectivity index (χ2v) is 5.40. The van der Waals surface area contributed by atoms with Gasteiger partial charge in [-0.25, -0.2) is 0 Å². The number of carbonyl (C=O) groups is 1. The van der Waals surface area contributed by atoms with Gasteiger partial charge in [0.05, 0.1) is 19.8 Å². The molecule has 6 nitrogen and oxygen atoms in total. The molecule has 0 bridgehead atoms. The minimum atomic E-state index is -1.36. The predicted octanol–water partition coefficient (Wildman–Crippen LogP) is -1.13. The lowest BCUT2D eigenvalue weighted by Gasteiger charge is -2.35. The van der Waals surface area contributed by atoms with Gasteiger partial charge in [-0.3, -0.25) is 4.79 Å². The first-order valence-corrected chi connectivity index (χ1v) is 6.42. The lowest BCUT2D eigenvalue weighted by molar-refractivity contribution is -0.126. The number of aliphatic hydroxyl groups excluding tert-OH is 3. The maximum absolute atomic E-state index is 11.9. The molecule has 0 aromatic rings. The van der Waals surface area contributed by atoms with Crippen LogP contribution in [0.5, 0.6) is 0 Å². The third-order valence-electron chi connectivity index (χ3n) is 3.67. The van der Waals surface area contributed by atoms with Crippen molar-refractivity contribution in [1.29, 1.82) is 0 Å². The third kappa shape index (κ3) is 3.91. The number of carbonyl (C=O) groups excluding carboxylic acids is 1. The minimum absolute atomic E-state index is 0.161. The van der Waals surface area contributed by atoms with Crippen molar-refractivity contribution in [3.05, 3.63) is 0 Å². The average Bonchev–Trinajstić information content (AvgIpc) is 2.36. The van der Waals surface area contributed by atoms with Crippen LogP contribution in [0.3, 0.4) is 0 Å². The van der Waals surface area contributed by atoms with Crippen LogP contribution in [0.2, 0.25) is 0 Å². The molecule has 0 saturated heterocycles. The van der Waals surface area contributed by atoms with Gasteiger partial charge in [0.15, 0.2) is 0 Å². The van der Waals surface area contributed by atoms with E-state index in [2.05, 4.69) is 5.32 Å². The molecule has 18 heavy (non-hydrogen) atoms. The normalized spacial score (nSPS) is 19.6. The summed E-state index contributed by atoms with van der Waals surface area (Å²) in [6, 6.07) is 0. The fourth-order valence-corrected chi connectivity index (χ4v) is 2.36. The molecular formula is C12H24N2O4. The average molecular weight is 260 g/mol. The summed E-state index contributed by atoms with van der Waals surface area (Å²) >= 11 is 0. The molecule has 1 fully saturated rings. The van der Waals surface area contributed by atoms with E-state index in [1.165, 1.54) is 0 Å². The summed E-state index contributed by atoms with van der Waals surface area (Å²) < 4.78 is 0. The van der Waals surface area contributed by atoms with Crippen molar-refractivity contribution >= 4 is 5.91 Å². The molecule has 1 rings (SSSR count). The van der Waals surface area contributed by atoms with Crippen molar-refractivity contribution in [1.82, 2.24) is 5.32 Å². The van der Waals surface area contributed by atoms with Crippen molar-refractivity contribution in [3.8, 4) is 0 Å². The van der Waals surface area contributed by atoms with Crippen LogP contribution < -0.4 is 11.1 Å². The first kappa shape index (κ1) is 15.4. The molecule has 6 N–H and O–H groups in total. The van der Waals surface area contributed by atoms with E-state index in [-0.39, 0.29) is 12.3 Å². The van der Waals surface area contributed by atoms with Gasteiger partial charge < -0.3 is 26.4 Å². The first-order chi connectivity index (χ1) is 8.49. The number of amides is 1. The fourth-order valence-electron chi connectivity index (χ4n) is 2.36. The fraction of sp³-hybridized carbons (Fsp3) is 0.917. The summed E-state index contributed by atoms with van der Waals surface area (Å²) in [5.41, 5.74) is 4.30. The highest BCUT2D eigenvalue weighted by atomic mass is 16.3. The Morgan fingerprint density at radius 1 is 1.11 bits per heavy atom. The molecule has 0 heterocycles. The predicted molar refractivity (Wildman–Crippen MR) is 66.8 cm³/mol. The number of nitrogens with two attached hydrogens (primary N) is 1. The molecule has 0 aromatic heterocycles. The highest BCUT2D eigenvalue weighted by molar-refractivity contribution is 5.78. The number of hydrogen-bond acceptors (Lipinski definition) is 5. The lowest BCUT2D eigenvalue weighted by atomic mass is 9.80. The Balaban J connectivity index is 2.54. The molecule has 0 unspecified atom stereocenters. The van der Waals surface area contributed by atoms with Crippen molar-refractivity contribution in [2.24, 2.45) is 5.73 Å². The molecule has 0 radical (unpaired) electrons. The van der Waals surface area contributed by atoms with Crippen molar-refractivity contribution in [3.63, 3.8) is 0 Å². The second-order valence-electron chi connectivity index (χ2n) is 5.40. The maximum Gasteiger partial charge on any atom is 0.222 e. The molecule has 0 aromatic carbocycles.